The van der Waals surface area contributed by atoms with Crippen molar-refractivity contribution in [1.82, 2.24) is 4.90 Å². The van der Waals surface area contributed by atoms with Gasteiger partial charge in [-0.2, -0.15) is 0 Å². The Bertz CT molecular complexity index is 1190. The molecule has 0 atom stereocenters. The van der Waals surface area contributed by atoms with Crippen molar-refractivity contribution in [3.05, 3.63) is 101 Å². The maximum Gasteiger partial charge on any atom is 0.261 e. The number of hydrogen-bond acceptors (Lipinski definition) is 4. The summed E-state index contributed by atoms with van der Waals surface area (Å²) < 4.78 is 11.7. The number of hydrogen-bond donors (Lipinski definition) is 0. The minimum Gasteiger partial charge on any atom is -0.489 e. The van der Waals surface area contributed by atoms with Crippen molar-refractivity contribution < 1.29 is 18.7 Å². The van der Waals surface area contributed by atoms with Gasteiger partial charge in [-0.1, -0.05) is 42.5 Å². The fraction of sp³-hybridized carbons (Fsp3) is 0.0833. The SMILES string of the molecule is O=C1c2ccccc2C(=O)N1Cc1cc2ccc(OCc3ccccc3)cc2o1. The molecule has 2 amide bonds. The molecule has 0 unspecified atom stereocenters. The average Bonchev–Trinajstić information content (AvgIpc) is 3.27. The van der Waals surface area contributed by atoms with Gasteiger partial charge < -0.3 is 9.15 Å². The zero-order valence-corrected chi connectivity index (χ0v) is 15.5. The number of ether oxygens (including phenoxy) is 1. The Morgan fingerprint density at radius 2 is 1.48 bits per heavy atom. The van der Waals surface area contributed by atoms with Crippen LogP contribution in [0, 0.1) is 0 Å². The topological polar surface area (TPSA) is 59.8 Å². The van der Waals surface area contributed by atoms with E-state index in [0.717, 1.165) is 10.9 Å². The van der Waals surface area contributed by atoms with E-state index in [-0.39, 0.29) is 18.4 Å². The molecule has 1 aliphatic heterocycles. The number of carbonyl (C=O) groups is 2. The molecule has 0 saturated carbocycles. The van der Waals surface area contributed by atoms with E-state index in [1.807, 2.05) is 54.6 Å². The van der Waals surface area contributed by atoms with Crippen LogP contribution in [0.25, 0.3) is 11.0 Å². The van der Waals surface area contributed by atoms with Crippen LogP contribution in [0.4, 0.5) is 0 Å². The highest BCUT2D eigenvalue weighted by molar-refractivity contribution is 6.21. The largest absolute Gasteiger partial charge is 0.489 e. The lowest BCUT2D eigenvalue weighted by atomic mass is 10.1. The van der Waals surface area contributed by atoms with E-state index in [1.165, 1.54) is 4.90 Å². The minimum atomic E-state index is -0.294. The Morgan fingerprint density at radius 1 is 0.793 bits per heavy atom. The van der Waals surface area contributed by atoms with Crippen molar-refractivity contribution in [3.8, 4) is 5.75 Å². The van der Waals surface area contributed by atoms with Crippen LogP contribution in [0.5, 0.6) is 5.75 Å². The maximum absolute atomic E-state index is 12.5. The molecule has 0 spiro atoms. The number of nitrogens with zero attached hydrogens (tertiary/aromatic N) is 1. The Kier molecular flexibility index (Phi) is 4.13. The van der Waals surface area contributed by atoms with Gasteiger partial charge in [-0.15, -0.1) is 0 Å². The molecule has 142 valence electrons. The van der Waals surface area contributed by atoms with Crippen LogP contribution in [0.3, 0.4) is 0 Å². The third kappa shape index (κ3) is 3.17. The third-order valence-corrected chi connectivity index (χ3v) is 4.98. The molecule has 1 aromatic heterocycles. The standard InChI is InChI=1S/C24H17NO4/c26-23-20-8-4-5-9-21(20)24(27)25(23)14-19-12-17-10-11-18(13-22(17)29-19)28-15-16-6-2-1-3-7-16/h1-13H,14-15H2. The van der Waals surface area contributed by atoms with E-state index in [9.17, 15) is 9.59 Å². The molecule has 1 aliphatic rings. The summed E-state index contributed by atoms with van der Waals surface area (Å²) in [6.07, 6.45) is 0. The molecule has 4 aromatic rings. The second-order valence-electron chi connectivity index (χ2n) is 6.93. The van der Waals surface area contributed by atoms with Crippen molar-refractivity contribution >= 4 is 22.8 Å². The van der Waals surface area contributed by atoms with Crippen molar-refractivity contribution in [1.29, 1.82) is 0 Å². The van der Waals surface area contributed by atoms with Gasteiger partial charge >= 0.3 is 0 Å². The van der Waals surface area contributed by atoms with Gasteiger partial charge in [0.15, 0.2) is 0 Å². The molecule has 5 heteroatoms. The summed E-state index contributed by atoms with van der Waals surface area (Å²) in [6, 6.07) is 24.2. The molecule has 3 aromatic carbocycles. The zero-order valence-electron chi connectivity index (χ0n) is 15.5. The number of rotatable bonds is 5. The fourth-order valence-corrected chi connectivity index (χ4v) is 3.51. The summed E-state index contributed by atoms with van der Waals surface area (Å²) in [5, 5.41) is 0.892. The van der Waals surface area contributed by atoms with Crippen molar-refractivity contribution in [2.45, 2.75) is 13.2 Å². The first-order valence-electron chi connectivity index (χ1n) is 9.33. The first kappa shape index (κ1) is 17.3. The lowest BCUT2D eigenvalue weighted by Gasteiger charge is -2.11. The van der Waals surface area contributed by atoms with Crippen molar-refractivity contribution in [2.75, 3.05) is 0 Å². The summed E-state index contributed by atoms with van der Waals surface area (Å²) in [4.78, 5) is 26.3. The summed E-state index contributed by atoms with van der Waals surface area (Å²) in [6.45, 7) is 0.566. The minimum absolute atomic E-state index is 0.0984. The van der Waals surface area contributed by atoms with Crippen LogP contribution in [-0.2, 0) is 13.2 Å². The lowest BCUT2D eigenvalue weighted by molar-refractivity contribution is 0.0632. The van der Waals surface area contributed by atoms with E-state index in [1.54, 1.807) is 24.3 Å². The van der Waals surface area contributed by atoms with E-state index >= 15 is 0 Å². The van der Waals surface area contributed by atoms with Gasteiger partial charge in [0.1, 0.15) is 23.7 Å². The molecular weight excluding hydrogens is 366 g/mol. The van der Waals surface area contributed by atoms with Crippen LogP contribution in [0.1, 0.15) is 32.0 Å². The van der Waals surface area contributed by atoms with E-state index in [2.05, 4.69) is 0 Å². The summed E-state index contributed by atoms with van der Waals surface area (Å²) in [7, 11) is 0. The summed E-state index contributed by atoms with van der Waals surface area (Å²) in [5.41, 5.74) is 2.61. The predicted molar refractivity (Wildman–Crippen MR) is 108 cm³/mol. The van der Waals surface area contributed by atoms with Crippen LogP contribution in [-0.4, -0.2) is 16.7 Å². The molecule has 0 radical (unpaired) electrons. The highest BCUT2D eigenvalue weighted by Gasteiger charge is 2.35. The smallest absolute Gasteiger partial charge is 0.261 e. The molecule has 0 fully saturated rings. The van der Waals surface area contributed by atoms with Crippen LogP contribution < -0.4 is 4.74 Å². The van der Waals surface area contributed by atoms with Gasteiger partial charge in [-0.3, -0.25) is 14.5 Å². The average molecular weight is 383 g/mol. The second-order valence-corrected chi connectivity index (χ2v) is 6.93. The third-order valence-electron chi connectivity index (χ3n) is 4.98. The van der Waals surface area contributed by atoms with Crippen LogP contribution in [0.15, 0.2) is 83.3 Å². The Labute approximate surface area is 167 Å². The van der Waals surface area contributed by atoms with Crippen molar-refractivity contribution in [2.24, 2.45) is 0 Å². The van der Waals surface area contributed by atoms with Crippen LogP contribution >= 0.6 is 0 Å². The molecule has 5 rings (SSSR count). The first-order chi connectivity index (χ1) is 14.2. The molecule has 0 N–H and O–H groups in total. The van der Waals surface area contributed by atoms with Gasteiger partial charge in [0.2, 0.25) is 0 Å². The Balaban J connectivity index is 1.34. The predicted octanol–water partition coefficient (Wildman–Crippen LogP) is 4.81. The monoisotopic (exact) mass is 383 g/mol. The first-order valence-corrected chi connectivity index (χ1v) is 9.33. The van der Waals surface area contributed by atoms with Crippen LogP contribution in [0.2, 0.25) is 0 Å². The zero-order chi connectivity index (χ0) is 19.8. The highest BCUT2D eigenvalue weighted by Crippen LogP contribution is 2.28. The molecule has 0 bridgehead atoms. The molecule has 29 heavy (non-hydrogen) atoms. The Morgan fingerprint density at radius 3 is 2.21 bits per heavy atom. The van der Waals surface area contributed by atoms with Gasteiger partial charge in [0, 0.05) is 11.5 Å². The summed E-state index contributed by atoms with van der Waals surface area (Å²) in [5.74, 6) is 0.661. The van der Waals surface area contributed by atoms with E-state index in [0.29, 0.717) is 34.8 Å². The van der Waals surface area contributed by atoms with Gasteiger partial charge in [-0.25, -0.2) is 0 Å². The number of benzene rings is 3. The maximum atomic E-state index is 12.5. The van der Waals surface area contributed by atoms with Crippen molar-refractivity contribution in [3.63, 3.8) is 0 Å². The number of amides is 2. The van der Waals surface area contributed by atoms with Gasteiger partial charge in [0.25, 0.3) is 11.8 Å². The summed E-state index contributed by atoms with van der Waals surface area (Å²) >= 11 is 0. The normalized spacial score (nSPS) is 13.2. The molecular formula is C24H17NO4. The second kappa shape index (κ2) is 6.95. The Hall–Kier alpha value is -3.86. The molecule has 5 nitrogen and oxygen atoms in total. The number of furan rings is 1. The highest BCUT2D eigenvalue weighted by atomic mass is 16.5. The van der Waals surface area contributed by atoms with Gasteiger partial charge in [0.05, 0.1) is 17.7 Å². The number of carbonyl (C=O) groups excluding carboxylic acids is 2. The molecule has 0 saturated heterocycles. The molecule has 2 heterocycles. The lowest BCUT2D eigenvalue weighted by Crippen LogP contribution is -2.28. The fourth-order valence-electron chi connectivity index (χ4n) is 3.51. The quantitative estimate of drug-likeness (QED) is 0.464. The molecule has 0 aliphatic carbocycles. The number of imide groups is 1. The van der Waals surface area contributed by atoms with Gasteiger partial charge in [-0.05, 0) is 35.9 Å². The number of fused-ring (bicyclic) bond motifs is 2. The van der Waals surface area contributed by atoms with E-state index in [4.69, 9.17) is 9.15 Å². The van der Waals surface area contributed by atoms with E-state index < -0.39 is 0 Å².